The molecular weight excluding hydrogens is 321 g/mol. The van der Waals surface area contributed by atoms with Gasteiger partial charge >= 0.3 is 6.03 Å². The van der Waals surface area contributed by atoms with E-state index >= 15 is 0 Å². The Balaban J connectivity index is 1.33. The molecule has 2 aliphatic heterocycles. The van der Waals surface area contributed by atoms with E-state index in [1.165, 1.54) is 12.5 Å². The number of ether oxygens (including phenoxy) is 1. The minimum atomic E-state index is -0.209. The van der Waals surface area contributed by atoms with Gasteiger partial charge in [-0.25, -0.2) is 9.18 Å². The van der Waals surface area contributed by atoms with Gasteiger partial charge in [-0.05, 0) is 56.7 Å². The standard InChI is InChI=1S/C19H28FN3O2/c20-15-4-3-5-17(14-15)23-11-8-16(9-12-23)22-19(24)21-10-7-18-6-1-2-13-25-18/h3-5,14,16,18H,1-2,6-13H2,(H2,21,22,24). The van der Waals surface area contributed by atoms with Crippen LogP contribution < -0.4 is 15.5 Å². The molecule has 1 atom stereocenters. The van der Waals surface area contributed by atoms with Gasteiger partial charge in [-0.1, -0.05) is 6.07 Å². The van der Waals surface area contributed by atoms with Crippen LogP contribution in [0.1, 0.15) is 38.5 Å². The third kappa shape index (κ3) is 5.59. The molecule has 0 aliphatic carbocycles. The SMILES string of the molecule is O=C(NCCC1CCCCO1)NC1CCN(c2cccc(F)c2)CC1. The van der Waals surface area contributed by atoms with Crippen molar-refractivity contribution in [1.29, 1.82) is 0 Å². The molecule has 0 saturated carbocycles. The monoisotopic (exact) mass is 349 g/mol. The van der Waals surface area contributed by atoms with Crippen LogP contribution in [0, 0.1) is 5.82 Å². The summed E-state index contributed by atoms with van der Waals surface area (Å²) in [4.78, 5) is 14.2. The van der Waals surface area contributed by atoms with Crippen molar-refractivity contribution in [2.45, 2.75) is 50.7 Å². The van der Waals surface area contributed by atoms with E-state index in [2.05, 4.69) is 15.5 Å². The maximum atomic E-state index is 13.3. The van der Waals surface area contributed by atoms with Gasteiger partial charge in [-0.2, -0.15) is 0 Å². The number of amides is 2. The number of benzene rings is 1. The number of nitrogens with zero attached hydrogens (tertiary/aromatic N) is 1. The molecule has 2 fully saturated rings. The topological polar surface area (TPSA) is 53.6 Å². The Morgan fingerprint density at radius 2 is 2.08 bits per heavy atom. The number of hydrogen-bond acceptors (Lipinski definition) is 3. The van der Waals surface area contributed by atoms with Crippen molar-refractivity contribution in [3.63, 3.8) is 0 Å². The number of carbonyl (C=O) groups excluding carboxylic acids is 1. The number of carbonyl (C=O) groups is 1. The summed E-state index contributed by atoms with van der Waals surface area (Å²) in [5, 5.41) is 5.98. The quantitative estimate of drug-likeness (QED) is 0.859. The first kappa shape index (κ1) is 18.0. The second-order valence-electron chi connectivity index (χ2n) is 6.92. The van der Waals surface area contributed by atoms with Gasteiger partial charge in [0.05, 0.1) is 6.10 Å². The average molecular weight is 349 g/mol. The molecule has 3 rings (SSSR count). The molecule has 2 N–H and O–H groups in total. The fourth-order valence-corrected chi connectivity index (χ4v) is 3.57. The molecule has 25 heavy (non-hydrogen) atoms. The maximum absolute atomic E-state index is 13.3. The van der Waals surface area contributed by atoms with Crippen molar-refractivity contribution in [3.8, 4) is 0 Å². The van der Waals surface area contributed by atoms with Gasteiger partial charge in [0.1, 0.15) is 5.82 Å². The van der Waals surface area contributed by atoms with E-state index in [0.717, 1.165) is 57.5 Å². The van der Waals surface area contributed by atoms with Crippen molar-refractivity contribution in [1.82, 2.24) is 10.6 Å². The average Bonchev–Trinajstić information content (AvgIpc) is 2.63. The minimum Gasteiger partial charge on any atom is -0.378 e. The molecule has 1 aromatic rings. The van der Waals surface area contributed by atoms with Gasteiger partial charge < -0.3 is 20.3 Å². The summed E-state index contributed by atoms with van der Waals surface area (Å²) < 4.78 is 19.0. The highest BCUT2D eigenvalue weighted by molar-refractivity contribution is 5.74. The van der Waals surface area contributed by atoms with Gasteiger partial charge in [0.15, 0.2) is 0 Å². The van der Waals surface area contributed by atoms with Gasteiger partial charge in [0.2, 0.25) is 0 Å². The maximum Gasteiger partial charge on any atom is 0.315 e. The highest BCUT2D eigenvalue weighted by atomic mass is 19.1. The minimum absolute atomic E-state index is 0.0972. The largest absolute Gasteiger partial charge is 0.378 e. The molecule has 0 spiro atoms. The molecule has 0 radical (unpaired) electrons. The van der Waals surface area contributed by atoms with E-state index < -0.39 is 0 Å². The lowest BCUT2D eigenvalue weighted by molar-refractivity contribution is 0.0120. The second kappa shape index (κ2) is 9.04. The molecule has 1 aromatic carbocycles. The molecule has 2 amide bonds. The third-order valence-corrected chi connectivity index (χ3v) is 5.03. The summed E-state index contributed by atoms with van der Waals surface area (Å²) in [5.74, 6) is -0.209. The van der Waals surface area contributed by atoms with Crippen molar-refractivity contribution >= 4 is 11.7 Å². The summed E-state index contributed by atoms with van der Waals surface area (Å²) in [6, 6.07) is 6.76. The summed E-state index contributed by atoms with van der Waals surface area (Å²) in [6.45, 7) is 3.15. The molecule has 2 aliphatic rings. The van der Waals surface area contributed by atoms with Gasteiger partial charge in [0, 0.05) is 38.0 Å². The lowest BCUT2D eigenvalue weighted by Gasteiger charge is -2.34. The zero-order valence-electron chi connectivity index (χ0n) is 14.7. The lowest BCUT2D eigenvalue weighted by Crippen LogP contribution is -2.48. The van der Waals surface area contributed by atoms with Crippen LogP contribution >= 0.6 is 0 Å². The van der Waals surface area contributed by atoms with E-state index in [9.17, 15) is 9.18 Å². The van der Waals surface area contributed by atoms with Gasteiger partial charge in [0.25, 0.3) is 0 Å². The first-order valence-corrected chi connectivity index (χ1v) is 9.37. The van der Waals surface area contributed by atoms with Crippen LogP contribution in [-0.4, -0.2) is 44.4 Å². The van der Waals surface area contributed by atoms with Crippen molar-refractivity contribution in [2.75, 3.05) is 31.1 Å². The zero-order valence-corrected chi connectivity index (χ0v) is 14.7. The number of nitrogens with one attached hydrogen (secondary N) is 2. The van der Waals surface area contributed by atoms with E-state index in [4.69, 9.17) is 4.74 Å². The van der Waals surface area contributed by atoms with E-state index in [-0.39, 0.29) is 17.9 Å². The number of rotatable bonds is 5. The Hall–Kier alpha value is -1.82. The molecule has 5 nitrogen and oxygen atoms in total. The molecule has 138 valence electrons. The number of hydrogen-bond donors (Lipinski definition) is 2. The third-order valence-electron chi connectivity index (χ3n) is 5.03. The lowest BCUT2D eigenvalue weighted by atomic mass is 10.0. The molecule has 2 saturated heterocycles. The van der Waals surface area contributed by atoms with Crippen LogP contribution in [0.25, 0.3) is 0 Å². The summed E-state index contributed by atoms with van der Waals surface area (Å²) in [6.07, 6.45) is 6.39. The van der Waals surface area contributed by atoms with E-state index in [1.54, 1.807) is 12.1 Å². The number of anilines is 1. The van der Waals surface area contributed by atoms with Gasteiger partial charge in [-0.3, -0.25) is 0 Å². The van der Waals surface area contributed by atoms with E-state index in [0.29, 0.717) is 12.6 Å². The number of piperidine rings is 1. The smallest absolute Gasteiger partial charge is 0.315 e. The fraction of sp³-hybridized carbons (Fsp3) is 0.632. The summed E-state index contributed by atoms with van der Waals surface area (Å²) in [7, 11) is 0. The molecule has 6 heteroatoms. The molecule has 0 bridgehead atoms. The van der Waals surface area contributed by atoms with Crippen molar-refractivity contribution in [3.05, 3.63) is 30.1 Å². The highest BCUT2D eigenvalue weighted by Gasteiger charge is 2.21. The number of urea groups is 1. The van der Waals surface area contributed by atoms with Gasteiger partial charge in [-0.15, -0.1) is 0 Å². The molecule has 1 unspecified atom stereocenters. The molecular formula is C19H28FN3O2. The summed E-state index contributed by atoms with van der Waals surface area (Å²) in [5.41, 5.74) is 0.912. The Bertz CT molecular complexity index is 555. The van der Waals surface area contributed by atoms with Crippen LogP contribution in [0.15, 0.2) is 24.3 Å². The van der Waals surface area contributed by atoms with Crippen molar-refractivity contribution in [2.24, 2.45) is 0 Å². The normalized spacial score (nSPS) is 21.8. The number of halogens is 1. The predicted molar refractivity (Wildman–Crippen MR) is 96.4 cm³/mol. The molecule has 0 aromatic heterocycles. The summed E-state index contributed by atoms with van der Waals surface area (Å²) >= 11 is 0. The predicted octanol–water partition coefficient (Wildman–Crippen LogP) is 3.05. The van der Waals surface area contributed by atoms with Crippen LogP contribution in [0.3, 0.4) is 0 Å². The first-order chi connectivity index (χ1) is 12.2. The highest BCUT2D eigenvalue weighted by Crippen LogP contribution is 2.20. The Kier molecular flexibility index (Phi) is 6.50. The van der Waals surface area contributed by atoms with Crippen LogP contribution in [0.2, 0.25) is 0 Å². The fourth-order valence-electron chi connectivity index (χ4n) is 3.57. The van der Waals surface area contributed by atoms with E-state index in [1.807, 2.05) is 6.07 Å². The van der Waals surface area contributed by atoms with Crippen LogP contribution in [-0.2, 0) is 4.74 Å². The Morgan fingerprint density at radius 1 is 1.24 bits per heavy atom. The Morgan fingerprint density at radius 3 is 2.80 bits per heavy atom. The molecule has 2 heterocycles. The zero-order chi connectivity index (χ0) is 17.5. The van der Waals surface area contributed by atoms with Crippen molar-refractivity contribution < 1.29 is 13.9 Å². The Labute approximate surface area is 148 Å². The van der Waals surface area contributed by atoms with Crippen LogP contribution in [0.4, 0.5) is 14.9 Å². The first-order valence-electron chi connectivity index (χ1n) is 9.37. The van der Waals surface area contributed by atoms with Crippen LogP contribution in [0.5, 0.6) is 0 Å². The second-order valence-corrected chi connectivity index (χ2v) is 6.92.